The lowest BCUT2D eigenvalue weighted by Crippen LogP contribution is -2.54. The number of aliphatic carboxylic acids is 1. The fourth-order valence-electron chi connectivity index (χ4n) is 2.62. The minimum atomic E-state index is -3.45. The molecule has 1 saturated carbocycles. The molecule has 1 aliphatic carbocycles. The van der Waals surface area contributed by atoms with Gasteiger partial charge in [-0.25, -0.2) is 8.42 Å². The van der Waals surface area contributed by atoms with Crippen LogP contribution in [-0.4, -0.2) is 37.2 Å². The molecule has 0 saturated heterocycles. The van der Waals surface area contributed by atoms with Gasteiger partial charge in [0.05, 0.1) is 23.9 Å². The molecule has 7 nitrogen and oxygen atoms in total. The van der Waals surface area contributed by atoms with Crippen molar-refractivity contribution in [1.29, 1.82) is 0 Å². The molecule has 0 atom stereocenters. The first kappa shape index (κ1) is 17.3. The highest BCUT2D eigenvalue weighted by molar-refractivity contribution is 7.92. The second kappa shape index (κ2) is 6.19. The summed E-state index contributed by atoms with van der Waals surface area (Å²) in [4.78, 5) is 23.3. The van der Waals surface area contributed by atoms with E-state index in [1.165, 1.54) is 6.07 Å². The lowest BCUT2D eigenvalue weighted by atomic mass is 9.74. The van der Waals surface area contributed by atoms with Crippen LogP contribution >= 0.6 is 0 Å². The van der Waals surface area contributed by atoms with Crippen LogP contribution < -0.4 is 10.0 Å². The number of rotatable bonds is 6. The Bertz CT molecular complexity index is 738. The van der Waals surface area contributed by atoms with Gasteiger partial charge in [0.1, 0.15) is 0 Å². The minimum absolute atomic E-state index is 0.112. The molecule has 23 heavy (non-hydrogen) atoms. The van der Waals surface area contributed by atoms with Crippen LogP contribution in [0.15, 0.2) is 18.2 Å². The Labute approximate surface area is 135 Å². The summed E-state index contributed by atoms with van der Waals surface area (Å²) >= 11 is 0. The van der Waals surface area contributed by atoms with Crippen LogP contribution in [0.3, 0.4) is 0 Å². The Morgan fingerprint density at radius 2 is 1.96 bits per heavy atom. The first-order valence-electron chi connectivity index (χ1n) is 7.23. The number of benzene rings is 1. The quantitative estimate of drug-likeness (QED) is 0.726. The maximum atomic E-state index is 12.4. The zero-order valence-electron chi connectivity index (χ0n) is 13.0. The number of hydrogen-bond donors (Lipinski definition) is 3. The second-order valence-electron chi connectivity index (χ2n) is 6.06. The number of nitrogens with one attached hydrogen (secondary N) is 2. The molecular weight excluding hydrogens is 320 g/mol. The van der Waals surface area contributed by atoms with Crippen LogP contribution in [-0.2, 0) is 14.8 Å². The third kappa shape index (κ3) is 4.44. The highest BCUT2D eigenvalue weighted by Crippen LogP contribution is 2.35. The Hall–Kier alpha value is -2.09. The van der Waals surface area contributed by atoms with E-state index in [-0.39, 0.29) is 6.42 Å². The van der Waals surface area contributed by atoms with Crippen molar-refractivity contribution in [2.24, 2.45) is 0 Å². The predicted octanol–water partition coefficient (Wildman–Crippen LogP) is 1.49. The van der Waals surface area contributed by atoms with Crippen molar-refractivity contribution in [3.8, 4) is 0 Å². The number of anilines is 1. The van der Waals surface area contributed by atoms with Gasteiger partial charge in [0.15, 0.2) is 0 Å². The van der Waals surface area contributed by atoms with Gasteiger partial charge in [0.2, 0.25) is 10.0 Å². The number of sulfonamides is 1. The summed E-state index contributed by atoms with van der Waals surface area (Å²) in [6.45, 7) is 1.73. The fourth-order valence-corrected chi connectivity index (χ4v) is 3.24. The van der Waals surface area contributed by atoms with Crippen molar-refractivity contribution in [2.45, 2.75) is 38.1 Å². The van der Waals surface area contributed by atoms with E-state index in [0.717, 1.165) is 12.7 Å². The normalized spacial score (nSPS) is 16.3. The maximum Gasteiger partial charge on any atom is 0.305 e. The number of hydrogen-bond acceptors (Lipinski definition) is 4. The number of aryl methyl sites for hydroxylation is 1. The van der Waals surface area contributed by atoms with Crippen molar-refractivity contribution in [3.63, 3.8) is 0 Å². The molecule has 1 fully saturated rings. The third-order valence-electron chi connectivity index (χ3n) is 3.97. The molecule has 0 radical (unpaired) electrons. The molecule has 0 unspecified atom stereocenters. The highest BCUT2D eigenvalue weighted by atomic mass is 32.2. The van der Waals surface area contributed by atoms with E-state index in [0.29, 0.717) is 29.7 Å². The topological polar surface area (TPSA) is 113 Å². The number of carboxylic acid groups (broad SMARTS) is 1. The zero-order chi connectivity index (χ0) is 17.3. The van der Waals surface area contributed by atoms with Gasteiger partial charge < -0.3 is 10.4 Å². The van der Waals surface area contributed by atoms with Crippen molar-refractivity contribution in [1.82, 2.24) is 5.32 Å². The summed E-state index contributed by atoms with van der Waals surface area (Å²) in [7, 11) is -3.45. The van der Waals surface area contributed by atoms with E-state index in [9.17, 15) is 18.0 Å². The summed E-state index contributed by atoms with van der Waals surface area (Å²) in [5.41, 5.74) is 0.619. The first-order chi connectivity index (χ1) is 10.6. The lowest BCUT2D eigenvalue weighted by molar-refractivity contribution is -0.139. The average molecular weight is 340 g/mol. The maximum absolute atomic E-state index is 12.4. The molecule has 0 bridgehead atoms. The van der Waals surface area contributed by atoms with Crippen molar-refractivity contribution >= 4 is 27.6 Å². The van der Waals surface area contributed by atoms with Crippen LogP contribution in [0.25, 0.3) is 0 Å². The number of carboxylic acids is 1. The van der Waals surface area contributed by atoms with Gasteiger partial charge in [0.25, 0.3) is 5.91 Å². The molecule has 126 valence electrons. The van der Waals surface area contributed by atoms with E-state index < -0.39 is 27.4 Å². The van der Waals surface area contributed by atoms with Crippen LogP contribution in [0.1, 0.15) is 41.6 Å². The Morgan fingerprint density at radius 3 is 2.43 bits per heavy atom. The summed E-state index contributed by atoms with van der Waals surface area (Å²) in [6.07, 6.45) is 3.06. The average Bonchev–Trinajstić information content (AvgIpc) is 2.36. The third-order valence-corrected chi connectivity index (χ3v) is 4.56. The zero-order valence-corrected chi connectivity index (χ0v) is 13.9. The SMILES string of the molecule is Cc1ccc(C(=O)NC2(CC(=O)O)CCC2)cc1NS(C)(=O)=O. The molecule has 8 heteroatoms. The largest absolute Gasteiger partial charge is 0.481 e. The lowest BCUT2D eigenvalue weighted by Gasteiger charge is -2.41. The minimum Gasteiger partial charge on any atom is -0.481 e. The molecule has 0 spiro atoms. The smallest absolute Gasteiger partial charge is 0.305 e. The number of carbonyl (C=O) groups excluding carboxylic acids is 1. The fraction of sp³-hybridized carbons (Fsp3) is 0.467. The Morgan fingerprint density at radius 1 is 1.30 bits per heavy atom. The van der Waals surface area contributed by atoms with Gasteiger partial charge >= 0.3 is 5.97 Å². The summed E-state index contributed by atoms with van der Waals surface area (Å²) in [6, 6.07) is 4.69. The number of carbonyl (C=O) groups is 2. The van der Waals surface area contributed by atoms with Gasteiger partial charge in [-0.05, 0) is 43.9 Å². The highest BCUT2D eigenvalue weighted by Gasteiger charge is 2.40. The van der Waals surface area contributed by atoms with E-state index in [2.05, 4.69) is 10.0 Å². The molecule has 1 aliphatic rings. The molecule has 1 aromatic carbocycles. The summed E-state index contributed by atoms with van der Waals surface area (Å²) in [5, 5.41) is 11.8. The van der Waals surface area contributed by atoms with Gasteiger partial charge in [-0.1, -0.05) is 6.07 Å². The standard InChI is InChI=1S/C15H20N2O5S/c1-10-4-5-11(8-12(10)17-23(2,21)22)14(20)16-15(6-3-7-15)9-13(18)19/h4-5,8,17H,3,6-7,9H2,1-2H3,(H,16,20)(H,18,19). The van der Waals surface area contributed by atoms with Crippen molar-refractivity contribution < 1.29 is 23.1 Å². The van der Waals surface area contributed by atoms with Gasteiger partial charge in [0, 0.05) is 5.56 Å². The summed E-state index contributed by atoms with van der Waals surface area (Å²) in [5.74, 6) is -1.35. The van der Waals surface area contributed by atoms with Gasteiger partial charge in [-0.3, -0.25) is 14.3 Å². The Balaban J connectivity index is 2.19. The molecular formula is C15H20N2O5S. The van der Waals surface area contributed by atoms with Crippen LogP contribution in [0, 0.1) is 6.92 Å². The van der Waals surface area contributed by atoms with Gasteiger partial charge in [-0.2, -0.15) is 0 Å². The monoisotopic (exact) mass is 340 g/mol. The molecule has 3 N–H and O–H groups in total. The molecule has 0 heterocycles. The second-order valence-corrected chi connectivity index (χ2v) is 7.81. The molecule has 2 rings (SSSR count). The van der Waals surface area contributed by atoms with Crippen LogP contribution in [0.4, 0.5) is 5.69 Å². The van der Waals surface area contributed by atoms with Gasteiger partial charge in [-0.15, -0.1) is 0 Å². The molecule has 1 aromatic rings. The molecule has 1 amide bonds. The number of amides is 1. The molecule has 0 aromatic heterocycles. The van der Waals surface area contributed by atoms with E-state index in [1.54, 1.807) is 19.1 Å². The van der Waals surface area contributed by atoms with Crippen molar-refractivity contribution in [2.75, 3.05) is 11.0 Å². The van der Waals surface area contributed by atoms with E-state index in [4.69, 9.17) is 5.11 Å². The first-order valence-corrected chi connectivity index (χ1v) is 9.12. The van der Waals surface area contributed by atoms with E-state index in [1.807, 2.05) is 0 Å². The van der Waals surface area contributed by atoms with Crippen LogP contribution in [0.5, 0.6) is 0 Å². The van der Waals surface area contributed by atoms with Crippen molar-refractivity contribution in [3.05, 3.63) is 29.3 Å². The molecule has 0 aliphatic heterocycles. The van der Waals surface area contributed by atoms with E-state index >= 15 is 0 Å². The Kier molecular flexibility index (Phi) is 4.65. The van der Waals surface area contributed by atoms with Crippen LogP contribution in [0.2, 0.25) is 0 Å². The predicted molar refractivity (Wildman–Crippen MR) is 85.9 cm³/mol. The summed E-state index contributed by atoms with van der Waals surface area (Å²) < 4.78 is 25.1.